The minimum Gasteiger partial charge on any atom is -0.410 e. The van der Waals surface area contributed by atoms with Crippen molar-refractivity contribution < 1.29 is 9.21 Å². The van der Waals surface area contributed by atoms with Crippen LogP contribution < -0.4 is 5.32 Å². The first-order valence-corrected chi connectivity index (χ1v) is 11.1. The molecule has 0 aromatic carbocycles. The predicted octanol–water partition coefficient (Wildman–Crippen LogP) is 4.00. The largest absolute Gasteiger partial charge is 0.410 e. The highest BCUT2D eigenvalue weighted by molar-refractivity contribution is 7.99. The summed E-state index contributed by atoms with van der Waals surface area (Å²) in [6.45, 7) is 6.09. The fourth-order valence-corrected chi connectivity index (χ4v) is 5.13. The molecule has 4 rings (SSSR count). The summed E-state index contributed by atoms with van der Waals surface area (Å²) >= 11 is 2.98. The Balaban J connectivity index is 1.38. The second-order valence-corrected chi connectivity index (χ2v) is 9.35. The molecule has 148 valence electrons. The van der Waals surface area contributed by atoms with Crippen LogP contribution in [0.15, 0.2) is 15.7 Å². The van der Waals surface area contributed by atoms with E-state index in [0.29, 0.717) is 11.1 Å². The van der Waals surface area contributed by atoms with Crippen LogP contribution in [0.25, 0.3) is 10.8 Å². The number of aromatic nitrogens is 4. The van der Waals surface area contributed by atoms with Crippen LogP contribution in [-0.2, 0) is 24.7 Å². The van der Waals surface area contributed by atoms with Gasteiger partial charge in [-0.25, -0.2) is 0 Å². The molecule has 0 saturated carbocycles. The summed E-state index contributed by atoms with van der Waals surface area (Å²) in [5.74, 6) is 1.35. The lowest BCUT2D eigenvalue weighted by molar-refractivity contribution is -0.113. The van der Waals surface area contributed by atoms with Gasteiger partial charge >= 0.3 is 0 Å². The molecule has 3 aromatic rings. The van der Waals surface area contributed by atoms with Crippen LogP contribution in [-0.4, -0.2) is 31.6 Å². The standard InChI is InChI=1S/C19H23N5O2S2/c1-10-5-6-14-13(7-10)8-15(28-14)18-21-22-19(26-18)27-9-16(25)20-17-11(2)23-24(4)12(17)3/h8,10H,5-7,9H2,1-4H3,(H,20,25). The summed E-state index contributed by atoms with van der Waals surface area (Å²) in [5, 5.41) is 15.9. The molecule has 0 aliphatic heterocycles. The van der Waals surface area contributed by atoms with E-state index in [9.17, 15) is 4.79 Å². The zero-order chi connectivity index (χ0) is 19.8. The zero-order valence-electron chi connectivity index (χ0n) is 16.4. The minimum absolute atomic E-state index is 0.121. The SMILES string of the molecule is Cc1nn(C)c(C)c1NC(=O)CSc1nnc(-c2cc3c(s2)CCC(C)C3)o1. The first-order chi connectivity index (χ1) is 13.4. The highest BCUT2D eigenvalue weighted by Crippen LogP contribution is 2.37. The van der Waals surface area contributed by atoms with E-state index in [2.05, 4.69) is 33.6 Å². The number of thioether (sulfide) groups is 1. The molecule has 28 heavy (non-hydrogen) atoms. The summed E-state index contributed by atoms with van der Waals surface area (Å²) in [7, 11) is 1.86. The maximum Gasteiger partial charge on any atom is 0.277 e. The molecule has 0 saturated heterocycles. The normalized spacial score (nSPS) is 16.2. The van der Waals surface area contributed by atoms with E-state index in [0.717, 1.165) is 40.7 Å². The van der Waals surface area contributed by atoms with Gasteiger partial charge in [0.1, 0.15) is 0 Å². The van der Waals surface area contributed by atoms with E-state index in [1.54, 1.807) is 16.0 Å². The van der Waals surface area contributed by atoms with Gasteiger partial charge < -0.3 is 9.73 Å². The average Bonchev–Trinajstić information content (AvgIpc) is 3.34. The van der Waals surface area contributed by atoms with Crippen molar-refractivity contribution >= 4 is 34.7 Å². The Kier molecular flexibility index (Phi) is 5.29. The molecule has 1 aliphatic carbocycles. The fraction of sp³-hybridized carbons (Fsp3) is 0.474. The third kappa shape index (κ3) is 3.86. The third-order valence-corrected chi connectivity index (χ3v) is 7.09. The minimum atomic E-state index is -0.121. The van der Waals surface area contributed by atoms with Crippen LogP contribution in [0.2, 0.25) is 0 Å². The summed E-state index contributed by atoms with van der Waals surface area (Å²) in [5.41, 5.74) is 3.90. The highest BCUT2D eigenvalue weighted by atomic mass is 32.2. The van der Waals surface area contributed by atoms with E-state index >= 15 is 0 Å². The van der Waals surface area contributed by atoms with E-state index in [-0.39, 0.29) is 11.7 Å². The number of fused-ring (bicyclic) bond motifs is 1. The number of amides is 1. The second-order valence-electron chi connectivity index (χ2n) is 7.29. The van der Waals surface area contributed by atoms with E-state index in [1.807, 2.05) is 20.9 Å². The average molecular weight is 418 g/mol. The quantitative estimate of drug-likeness (QED) is 0.632. The summed E-state index contributed by atoms with van der Waals surface area (Å²) in [6, 6.07) is 2.18. The number of anilines is 1. The van der Waals surface area contributed by atoms with Gasteiger partial charge in [-0.3, -0.25) is 9.48 Å². The van der Waals surface area contributed by atoms with Crippen molar-refractivity contribution in [1.82, 2.24) is 20.0 Å². The molecule has 1 atom stereocenters. The zero-order valence-corrected chi connectivity index (χ0v) is 18.0. The van der Waals surface area contributed by atoms with Crippen LogP contribution >= 0.6 is 23.1 Å². The van der Waals surface area contributed by atoms with Crippen LogP contribution in [0.5, 0.6) is 0 Å². The number of carbonyl (C=O) groups excluding carboxylic acids is 1. The number of rotatable bonds is 5. The van der Waals surface area contributed by atoms with Gasteiger partial charge in [0.25, 0.3) is 11.1 Å². The van der Waals surface area contributed by atoms with Crippen LogP contribution in [0, 0.1) is 19.8 Å². The number of nitrogens with one attached hydrogen (secondary N) is 1. The van der Waals surface area contributed by atoms with Gasteiger partial charge in [0, 0.05) is 11.9 Å². The molecular weight excluding hydrogens is 394 g/mol. The van der Waals surface area contributed by atoms with Crippen LogP contribution in [0.3, 0.4) is 0 Å². The first-order valence-electron chi connectivity index (χ1n) is 9.29. The molecule has 3 heterocycles. The van der Waals surface area contributed by atoms with Gasteiger partial charge in [-0.05, 0) is 50.7 Å². The van der Waals surface area contributed by atoms with Crippen molar-refractivity contribution in [2.45, 2.75) is 45.3 Å². The molecule has 9 heteroatoms. The first kappa shape index (κ1) is 19.2. The van der Waals surface area contributed by atoms with Gasteiger partial charge in [-0.15, -0.1) is 21.5 Å². The lowest BCUT2D eigenvalue weighted by Gasteiger charge is -2.16. The Labute approximate surface area is 171 Å². The van der Waals surface area contributed by atoms with Crippen LogP contribution in [0.1, 0.15) is 35.2 Å². The van der Waals surface area contributed by atoms with Crippen molar-refractivity contribution in [3.05, 3.63) is 27.9 Å². The van der Waals surface area contributed by atoms with Crippen molar-refractivity contribution in [3.8, 4) is 10.8 Å². The highest BCUT2D eigenvalue weighted by Gasteiger charge is 2.21. The molecule has 1 aliphatic rings. The molecule has 1 amide bonds. The number of hydrogen-bond acceptors (Lipinski definition) is 7. The van der Waals surface area contributed by atoms with Crippen molar-refractivity contribution in [3.63, 3.8) is 0 Å². The number of nitrogens with zero attached hydrogens (tertiary/aromatic N) is 4. The van der Waals surface area contributed by atoms with Crippen molar-refractivity contribution in [1.29, 1.82) is 0 Å². The van der Waals surface area contributed by atoms with E-state index in [4.69, 9.17) is 4.42 Å². The van der Waals surface area contributed by atoms with Gasteiger partial charge in [-0.1, -0.05) is 18.7 Å². The predicted molar refractivity (Wildman–Crippen MR) is 111 cm³/mol. The number of carbonyl (C=O) groups is 1. The summed E-state index contributed by atoms with van der Waals surface area (Å²) in [6.07, 6.45) is 3.49. The molecule has 0 radical (unpaired) electrons. The Morgan fingerprint density at radius 1 is 1.43 bits per heavy atom. The summed E-state index contributed by atoms with van der Waals surface area (Å²) < 4.78 is 7.53. The maximum atomic E-state index is 12.3. The molecule has 3 aromatic heterocycles. The number of hydrogen-bond donors (Lipinski definition) is 1. The number of aryl methyl sites for hydroxylation is 3. The maximum absolute atomic E-state index is 12.3. The molecular formula is C19H23N5O2S2. The van der Waals surface area contributed by atoms with Gasteiger partial charge in [0.05, 0.1) is 27.7 Å². The van der Waals surface area contributed by atoms with Gasteiger partial charge in [-0.2, -0.15) is 5.10 Å². The number of thiophene rings is 1. The lowest BCUT2D eigenvalue weighted by atomic mass is 9.90. The Hall–Kier alpha value is -2.13. The Bertz CT molecular complexity index is 1020. The third-order valence-electron chi connectivity index (χ3n) is 5.05. The van der Waals surface area contributed by atoms with Crippen molar-refractivity contribution in [2.24, 2.45) is 13.0 Å². The van der Waals surface area contributed by atoms with E-state index in [1.165, 1.54) is 28.6 Å². The molecule has 7 nitrogen and oxygen atoms in total. The molecule has 0 bridgehead atoms. The topological polar surface area (TPSA) is 85.8 Å². The second kappa shape index (κ2) is 7.71. The van der Waals surface area contributed by atoms with Gasteiger partial charge in [0.15, 0.2) is 0 Å². The van der Waals surface area contributed by atoms with Gasteiger partial charge in [0.2, 0.25) is 5.91 Å². The Morgan fingerprint density at radius 3 is 3.00 bits per heavy atom. The van der Waals surface area contributed by atoms with Crippen LogP contribution in [0.4, 0.5) is 5.69 Å². The molecule has 1 N–H and O–H groups in total. The van der Waals surface area contributed by atoms with Crippen molar-refractivity contribution in [2.75, 3.05) is 11.1 Å². The fourth-order valence-electron chi connectivity index (χ4n) is 3.44. The molecule has 1 unspecified atom stereocenters. The van der Waals surface area contributed by atoms with E-state index < -0.39 is 0 Å². The lowest BCUT2D eigenvalue weighted by Crippen LogP contribution is -2.15. The molecule has 0 spiro atoms. The molecule has 0 fully saturated rings. The monoisotopic (exact) mass is 417 g/mol. The Morgan fingerprint density at radius 2 is 2.25 bits per heavy atom. The summed E-state index contributed by atoms with van der Waals surface area (Å²) in [4.78, 5) is 14.7. The smallest absolute Gasteiger partial charge is 0.277 e.